The minimum Gasteiger partial charge on any atom is -0.356 e. The van der Waals surface area contributed by atoms with E-state index < -0.39 is 0 Å². The van der Waals surface area contributed by atoms with Crippen molar-refractivity contribution in [1.29, 1.82) is 0 Å². The Morgan fingerprint density at radius 1 is 1.23 bits per heavy atom. The fraction of sp³-hybridized carbons (Fsp3) is 0.421. The Morgan fingerprint density at radius 3 is 2.62 bits per heavy atom. The van der Waals surface area contributed by atoms with E-state index >= 15 is 0 Å². The van der Waals surface area contributed by atoms with Crippen LogP contribution in [-0.2, 0) is 4.79 Å². The third-order valence-corrected chi connectivity index (χ3v) is 5.23. The number of amides is 1. The first-order chi connectivity index (χ1) is 12.5. The third-order valence-electron chi connectivity index (χ3n) is 4.30. The van der Waals surface area contributed by atoms with Crippen LogP contribution in [0.1, 0.15) is 20.3 Å². The monoisotopic (exact) mass is 374 g/mol. The number of thioether (sulfide) groups is 1. The van der Waals surface area contributed by atoms with Gasteiger partial charge in [0.25, 0.3) is 0 Å². The summed E-state index contributed by atoms with van der Waals surface area (Å²) in [5.41, 5.74) is 0.580. The maximum absolute atomic E-state index is 12.9. The largest absolute Gasteiger partial charge is 0.356 e. The van der Waals surface area contributed by atoms with E-state index in [1.165, 1.54) is 30.3 Å². The lowest BCUT2D eigenvalue weighted by Gasteiger charge is -2.35. The molecule has 1 aliphatic rings. The van der Waals surface area contributed by atoms with E-state index in [4.69, 9.17) is 0 Å². The smallest absolute Gasteiger partial charge is 0.234 e. The molecular weight excluding hydrogens is 351 g/mol. The van der Waals surface area contributed by atoms with Crippen molar-refractivity contribution in [2.75, 3.05) is 29.1 Å². The Morgan fingerprint density at radius 2 is 1.92 bits per heavy atom. The minimum atomic E-state index is -0.327. The van der Waals surface area contributed by atoms with Crippen LogP contribution in [0.25, 0.3) is 0 Å². The van der Waals surface area contributed by atoms with Crippen molar-refractivity contribution in [1.82, 2.24) is 9.97 Å². The molecule has 0 aliphatic carbocycles. The first-order valence-electron chi connectivity index (χ1n) is 8.75. The molecular formula is C19H23FN4OS. The van der Waals surface area contributed by atoms with Crippen molar-refractivity contribution in [3.63, 3.8) is 0 Å². The lowest BCUT2D eigenvalue weighted by Crippen LogP contribution is -2.39. The molecule has 3 rings (SSSR count). The first kappa shape index (κ1) is 18.6. The molecule has 1 aromatic heterocycles. The number of anilines is 2. The number of carbonyl (C=O) groups is 1. The summed E-state index contributed by atoms with van der Waals surface area (Å²) in [7, 11) is 0. The summed E-state index contributed by atoms with van der Waals surface area (Å²) < 4.78 is 12.9. The van der Waals surface area contributed by atoms with Crippen LogP contribution in [0.2, 0.25) is 0 Å². The fourth-order valence-corrected chi connectivity index (χ4v) is 3.96. The number of hydrogen-bond acceptors (Lipinski definition) is 5. The minimum absolute atomic E-state index is 0.151. The first-order valence-corrected chi connectivity index (χ1v) is 9.73. The van der Waals surface area contributed by atoms with Gasteiger partial charge in [0.15, 0.2) is 0 Å². The molecule has 0 radical (unpaired) electrons. The van der Waals surface area contributed by atoms with Crippen LogP contribution in [0.4, 0.5) is 15.9 Å². The van der Waals surface area contributed by atoms with Gasteiger partial charge in [-0.15, -0.1) is 0 Å². The number of rotatable bonds is 5. The maximum atomic E-state index is 12.9. The summed E-state index contributed by atoms with van der Waals surface area (Å²) in [5.74, 6) is 1.97. The van der Waals surface area contributed by atoms with E-state index in [1.54, 1.807) is 18.5 Å². The molecule has 2 aromatic rings. The van der Waals surface area contributed by atoms with E-state index in [0.717, 1.165) is 23.9 Å². The van der Waals surface area contributed by atoms with E-state index in [1.807, 2.05) is 6.07 Å². The zero-order valence-electron chi connectivity index (χ0n) is 15.0. The number of hydrogen-bond donors (Lipinski definition) is 1. The van der Waals surface area contributed by atoms with Crippen molar-refractivity contribution in [2.24, 2.45) is 11.8 Å². The summed E-state index contributed by atoms with van der Waals surface area (Å²) in [4.78, 5) is 23.0. The Balaban J connectivity index is 1.56. The number of nitrogens with one attached hydrogen (secondary N) is 1. The van der Waals surface area contributed by atoms with Crippen molar-refractivity contribution in [3.05, 3.63) is 42.5 Å². The highest BCUT2D eigenvalue weighted by Crippen LogP contribution is 2.27. The molecule has 0 spiro atoms. The Bertz CT molecular complexity index is 745. The summed E-state index contributed by atoms with van der Waals surface area (Å²) in [6, 6.07) is 7.67. The molecule has 1 amide bonds. The molecule has 7 heteroatoms. The highest BCUT2D eigenvalue weighted by Gasteiger charge is 2.23. The van der Waals surface area contributed by atoms with Gasteiger partial charge < -0.3 is 10.2 Å². The molecule has 0 saturated carbocycles. The highest BCUT2D eigenvalue weighted by atomic mass is 32.2. The molecule has 1 saturated heterocycles. The van der Waals surface area contributed by atoms with Crippen LogP contribution >= 0.6 is 11.8 Å². The second-order valence-corrected chi connectivity index (χ2v) is 7.90. The maximum Gasteiger partial charge on any atom is 0.234 e. The number of piperidine rings is 1. The molecule has 2 heterocycles. The number of nitrogens with zero attached hydrogens (tertiary/aromatic N) is 3. The van der Waals surface area contributed by atoms with Gasteiger partial charge in [-0.25, -0.2) is 14.4 Å². The molecule has 5 nitrogen and oxygen atoms in total. The molecule has 1 aliphatic heterocycles. The van der Waals surface area contributed by atoms with Crippen molar-refractivity contribution < 1.29 is 9.18 Å². The van der Waals surface area contributed by atoms with Crippen LogP contribution in [0.15, 0.2) is 41.7 Å². The lowest BCUT2D eigenvalue weighted by molar-refractivity contribution is -0.113. The van der Waals surface area contributed by atoms with Gasteiger partial charge >= 0.3 is 0 Å². The molecule has 1 aromatic carbocycles. The molecule has 0 unspecified atom stereocenters. The number of aromatic nitrogens is 2. The Hall–Kier alpha value is -2.15. The molecule has 26 heavy (non-hydrogen) atoms. The van der Waals surface area contributed by atoms with E-state index in [2.05, 4.69) is 34.0 Å². The van der Waals surface area contributed by atoms with E-state index in [-0.39, 0.29) is 17.5 Å². The van der Waals surface area contributed by atoms with Crippen molar-refractivity contribution in [2.45, 2.75) is 25.3 Å². The quantitative estimate of drug-likeness (QED) is 0.637. The SMILES string of the molecule is C[C@H]1C[C@H](C)CN(c2cc(SCC(=O)Nc3ccc(F)cc3)ncn2)C1. The number of halogens is 1. The van der Waals surface area contributed by atoms with Gasteiger partial charge in [-0.05, 0) is 42.5 Å². The van der Waals surface area contributed by atoms with Crippen LogP contribution in [0, 0.1) is 17.7 Å². The molecule has 138 valence electrons. The zero-order valence-corrected chi connectivity index (χ0v) is 15.8. The van der Waals surface area contributed by atoms with Crippen LogP contribution in [0.3, 0.4) is 0 Å². The van der Waals surface area contributed by atoms with Gasteiger partial charge in [-0.2, -0.15) is 0 Å². The standard InChI is InChI=1S/C19H23FN4OS/c1-13-7-14(2)10-24(9-13)17-8-19(22-12-21-17)26-11-18(25)23-16-5-3-15(20)4-6-16/h3-6,8,12-14H,7,9-11H2,1-2H3,(H,23,25)/t13-,14-/m0/s1. The topological polar surface area (TPSA) is 58.1 Å². The molecule has 1 N–H and O–H groups in total. The second kappa shape index (κ2) is 8.49. The van der Waals surface area contributed by atoms with Crippen molar-refractivity contribution in [3.8, 4) is 0 Å². The van der Waals surface area contributed by atoms with Gasteiger partial charge in [0.2, 0.25) is 5.91 Å². The van der Waals surface area contributed by atoms with E-state index in [0.29, 0.717) is 17.5 Å². The predicted octanol–water partition coefficient (Wildman–Crippen LogP) is 3.83. The third kappa shape index (κ3) is 5.17. The summed E-state index contributed by atoms with van der Waals surface area (Å²) >= 11 is 1.37. The molecule has 0 bridgehead atoms. The summed E-state index contributed by atoms with van der Waals surface area (Å²) in [5, 5.41) is 3.52. The fourth-order valence-electron chi connectivity index (χ4n) is 3.30. The van der Waals surface area contributed by atoms with Crippen molar-refractivity contribution >= 4 is 29.2 Å². The van der Waals surface area contributed by atoms with Gasteiger partial charge in [-0.3, -0.25) is 4.79 Å². The van der Waals surface area contributed by atoms with Gasteiger partial charge in [0, 0.05) is 24.8 Å². The molecule has 1 fully saturated rings. The van der Waals surface area contributed by atoms with Gasteiger partial charge in [-0.1, -0.05) is 25.6 Å². The Labute approximate surface area is 157 Å². The van der Waals surface area contributed by atoms with Crippen LogP contribution < -0.4 is 10.2 Å². The summed E-state index contributed by atoms with van der Waals surface area (Å²) in [6.45, 7) is 6.52. The van der Waals surface area contributed by atoms with Gasteiger partial charge in [0.05, 0.1) is 5.75 Å². The zero-order chi connectivity index (χ0) is 18.5. The normalized spacial score (nSPS) is 20.0. The molecule has 2 atom stereocenters. The average molecular weight is 374 g/mol. The predicted molar refractivity (Wildman–Crippen MR) is 103 cm³/mol. The number of benzene rings is 1. The number of carbonyl (C=O) groups excluding carboxylic acids is 1. The van der Waals surface area contributed by atoms with E-state index in [9.17, 15) is 9.18 Å². The highest BCUT2D eigenvalue weighted by molar-refractivity contribution is 7.99. The van der Waals surface area contributed by atoms with Crippen LogP contribution in [-0.4, -0.2) is 34.7 Å². The summed E-state index contributed by atoms with van der Waals surface area (Å²) in [6.07, 6.45) is 2.80. The van der Waals surface area contributed by atoms with Crippen LogP contribution in [0.5, 0.6) is 0 Å². The lowest BCUT2D eigenvalue weighted by atomic mass is 9.92. The second-order valence-electron chi connectivity index (χ2n) is 6.91. The average Bonchev–Trinajstić information content (AvgIpc) is 2.61. The van der Waals surface area contributed by atoms with Gasteiger partial charge in [0.1, 0.15) is 23.0 Å². The Kier molecular flexibility index (Phi) is 6.08.